The fraction of sp³-hybridized carbons (Fsp3) is 0.500. The Labute approximate surface area is 176 Å². The van der Waals surface area contributed by atoms with E-state index in [0.717, 1.165) is 14.4 Å². The highest BCUT2D eigenvalue weighted by Crippen LogP contribution is 2.32. The minimum absolute atomic E-state index is 0.0959. The molecule has 1 amide bonds. The van der Waals surface area contributed by atoms with Crippen LogP contribution in [-0.4, -0.2) is 66.0 Å². The molecule has 2 heterocycles. The van der Waals surface area contributed by atoms with Crippen molar-refractivity contribution in [1.82, 2.24) is 14.8 Å². The molecule has 148 valence electrons. The van der Waals surface area contributed by atoms with Gasteiger partial charge in [-0.25, -0.2) is 4.98 Å². The highest BCUT2D eigenvalue weighted by molar-refractivity contribution is 9.10. The summed E-state index contributed by atoms with van der Waals surface area (Å²) in [6.07, 6.45) is 0. The predicted molar refractivity (Wildman–Crippen MR) is 113 cm³/mol. The summed E-state index contributed by atoms with van der Waals surface area (Å²) in [6.45, 7) is 6.39. The lowest BCUT2D eigenvalue weighted by molar-refractivity contribution is -0.155. The number of aromatic nitrogens is 1. The number of carbonyl (C=O) groups excluding carboxylic acids is 2. The molecule has 0 bridgehead atoms. The third kappa shape index (κ3) is 6.99. The average molecular weight is 474 g/mol. The van der Waals surface area contributed by atoms with Crippen LogP contribution in [0, 0.1) is 0 Å². The fourth-order valence-corrected chi connectivity index (χ4v) is 4.48. The van der Waals surface area contributed by atoms with Crippen LogP contribution >= 0.6 is 38.6 Å². The molecule has 9 heteroatoms. The van der Waals surface area contributed by atoms with Gasteiger partial charge in [-0.1, -0.05) is 0 Å². The smallest absolute Gasteiger partial charge is 0.326 e. The second-order valence-electron chi connectivity index (χ2n) is 7.28. The number of halogens is 1. The van der Waals surface area contributed by atoms with Gasteiger partial charge in [-0.2, -0.15) is 0 Å². The highest BCUT2D eigenvalue weighted by Gasteiger charge is 2.25. The minimum Gasteiger partial charge on any atom is -0.459 e. The zero-order chi connectivity index (χ0) is 20.2. The molecule has 0 saturated heterocycles. The lowest BCUT2D eigenvalue weighted by Gasteiger charge is -2.25. The summed E-state index contributed by atoms with van der Waals surface area (Å²) in [5, 5.41) is 4.51. The molecule has 0 unspecified atom stereocenters. The van der Waals surface area contributed by atoms with Crippen molar-refractivity contribution in [2.45, 2.75) is 26.4 Å². The minimum atomic E-state index is -0.590. The quantitative estimate of drug-likeness (QED) is 0.569. The Hall–Kier alpha value is -1.29. The first-order valence-electron chi connectivity index (χ1n) is 8.41. The van der Waals surface area contributed by atoms with E-state index in [1.807, 2.05) is 51.2 Å². The number of hydrogen-bond acceptors (Lipinski definition) is 7. The first-order valence-corrected chi connectivity index (χ1v) is 11.0. The van der Waals surface area contributed by atoms with Crippen molar-refractivity contribution in [3.05, 3.63) is 27.0 Å². The number of thiophene rings is 1. The molecule has 0 aliphatic heterocycles. The molecule has 0 fully saturated rings. The Morgan fingerprint density at radius 1 is 1.19 bits per heavy atom. The van der Waals surface area contributed by atoms with E-state index < -0.39 is 11.6 Å². The number of nitrogens with zero attached hydrogens (tertiary/aromatic N) is 3. The maximum atomic E-state index is 12.9. The van der Waals surface area contributed by atoms with Gasteiger partial charge < -0.3 is 14.5 Å². The standard InChI is InChI=1S/C18H24BrN3O3S2/c1-18(2,3)25-15(23)9-22(7-6-21(4)5)17(24)13-11-27-16(20-13)14-8-12(19)10-26-14/h8,10-11H,6-7,9H2,1-5H3. The zero-order valence-electron chi connectivity index (χ0n) is 16.1. The molecule has 6 nitrogen and oxygen atoms in total. The van der Waals surface area contributed by atoms with Crippen molar-refractivity contribution >= 4 is 50.5 Å². The zero-order valence-corrected chi connectivity index (χ0v) is 19.3. The van der Waals surface area contributed by atoms with Crippen molar-refractivity contribution in [2.75, 3.05) is 33.7 Å². The molecule has 0 radical (unpaired) electrons. The summed E-state index contributed by atoms with van der Waals surface area (Å²) in [5.41, 5.74) is -0.241. The summed E-state index contributed by atoms with van der Waals surface area (Å²) in [7, 11) is 3.84. The van der Waals surface area contributed by atoms with Crippen LogP contribution in [0.25, 0.3) is 9.88 Å². The number of likely N-dealkylation sites (N-methyl/N-ethyl adjacent to an activating group) is 1. The summed E-state index contributed by atoms with van der Waals surface area (Å²) < 4.78 is 6.36. The van der Waals surface area contributed by atoms with Gasteiger partial charge in [-0.15, -0.1) is 22.7 Å². The summed E-state index contributed by atoms with van der Waals surface area (Å²) in [4.78, 5) is 34.1. The fourth-order valence-electron chi connectivity index (χ4n) is 2.18. The van der Waals surface area contributed by atoms with E-state index in [1.165, 1.54) is 16.2 Å². The van der Waals surface area contributed by atoms with Crippen molar-refractivity contribution in [3.8, 4) is 9.88 Å². The Balaban J connectivity index is 2.15. The van der Waals surface area contributed by atoms with Crippen molar-refractivity contribution in [1.29, 1.82) is 0 Å². The SMILES string of the molecule is CN(C)CCN(CC(=O)OC(C)(C)C)C(=O)c1csc(-c2cc(Br)cs2)n1. The third-order valence-electron chi connectivity index (χ3n) is 3.35. The van der Waals surface area contributed by atoms with Crippen LogP contribution in [0.4, 0.5) is 0 Å². The lowest BCUT2D eigenvalue weighted by atomic mass is 10.2. The molecule has 0 spiro atoms. The van der Waals surface area contributed by atoms with Gasteiger partial charge in [0.05, 0.1) is 4.88 Å². The Bertz CT molecular complexity index is 796. The van der Waals surface area contributed by atoms with Crippen molar-refractivity contribution in [2.24, 2.45) is 0 Å². The second kappa shape index (κ2) is 9.27. The number of esters is 1. The second-order valence-corrected chi connectivity index (χ2v) is 9.97. The Kier molecular flexibility index (Phi) is 7.55. The molecule has 2 rings (SSSR count). The Morgan fingerprint density at radius 2 is 1.89 bits per heavy atom. The molecule has 0 aliphatic carbocycles. The Morgan fingerprint density at radius 3 is 2.44 bits per heavy atom. The van der Waals surface area contributed by atoms with E-state index in [1.54, 1.807) is 16.7 Å². The molecule has 0 N–H and O–H groups in total. The van der Waals surface area contributed by atoms with Gasteiger partial charge in [-0.3, -0.25) is 9.59 Å². The van der Waals surface area contributed by atoms with Gasteiger partial charge >= 0.3 is 5.97 Å². The number of carbonyl (C=O) groups is 2. The molecular weight excluding hydrogens is 450 g/mol. The van der Waals surface area contributed by atoms with Crippen LogP contribution in [0.2, 0.25) is 0 Å². The van der Waals surface area contributed by atoms with Crippen LogP contribution in [0.15, 0.2) is 21.3 Å². The number of amides is 1. The van der Waals surface area contributed by atoms with Crippen LogP contribution in [-0.2, 0) is 9.53 Å². The van der Waals surface area contributed by atoms with Gasteiger partial charge in [0.2, 0.25) is 0 Å². The van der Waals surface area contributed by atoms with Crippen LogP contribution in [0.3, 0.4) is 0 Å². The molecule has 27 heavy (non-hydrogen) atoms. The first-order chi connectivity index (χ1) is 12.5. The van der Waals surface area contributed by atoms with Crippen LogP contribution < -0.4 is 0 Å². The van der Waals surface area contributed by atoms with E-state index in [0.29, 0.717) is 18.8 Å². The molecule has 2 aromatic rings. The van der Waals surface area contributed by atoms with Gasteiger partial charge in [-0.05, 0) is 56.9 Å². The third-order valence-corrected chi connectivity index (χ3v) is 6.05. The summed E-state index contributed by atoms with van der Waals surface area (Å²) in [5.74, 6) is -0.687. The van der Waals surface area contributed by atoms with Crippen molar-refractivity contribution < 1.29 is 14.3 Å². The number of hydrogen-bond donors (Lipinski definition) is 0. The molecule has 0 saturated carbocycles. The summed E-state index contributed by atoms with van der Waals surface area (Å²) >= 11 is 6.41. The van der Waals surface area contributed by atoms with Gasteiger partial charge in [0.25, 0.3) is 5.91 Å². The van der Waals surface area contributed by atoms with Crippen LogP contribution in [0.5, 0.6) is 0 Å². The average Bonchev–Trinajstić information content (AvgIpc) is 3.17. The molecule has 0 aliphatic rings. The molecule has 2 aromatic heterocycles. The normalized spacial score (nSPS) is 11.7. The molecule has 0 atom stereocenters. The van der Waals surface area contributed by atoms with E-state index in [2.05, 4.69) is 20.9 Å². The lowest BCUT2D eigenvalue weighted by Crippen LogP contribution is -2.42. The monoisotopic (exact) mass is 473 g/mol. The van der Waals surface area contributed by atoms with Gasteiger partial charge in [0.15, 0.2) is 0 Å². The largest absolute Gasteiger partial charge is 0.459 e. The first kappa shape index (κ1) is 22.0. The molecule has 0 aromatic carbocycles. The van der Waals surface area contributed by atoms with Gasteiger partial charge in [0.1, 0.15) is 22.8 Å². The van der Waals surface area contributed by atoms with E-state index in [4.69, 9.17) is 4.74 Å². The van der Waals surface area contributed by atoms with Gasteiger partial charge in [0, 0.05) is 28.3 Å². The summed E-state index contributed by atoms with van der Waals surface area (Å²) in [6, 6.07) is 1.97. The van der Waals surface area contributed by atoms with Crippen LogP contribution in [0.1, 0.15) is 31.3 Å². The maximum absolute atomic E-state index is 12.9. The van der Waals surface area contributed by atoms with E-state index in [-0.39, 0.29) is 12.5 Å². The van der Waals surface area contributed by atoms with Crippen molar-refractivity contribution in [3.63, 3.8) is 0 Å². The number of thiazole rings is 1. The highest BCUT2D eigenvalue weighted by atomic mass is 79.9. The number of rotatable bonds is 7. The van der Waals surface area contributed by atoms with E-state index in [9.17, 15) is 9.59 Å². The topological polar surface area (TPSA) is 62.7 Å². The molecular formula is C18H24BrN3O3S2. The van der Waals surface area contributed by atoms with E-state index >= 15 is 0 Å². The number of ether oxygens (including phenoxy) is 1. The predicted octanol–water partition coefficient (Wildman–Crippen LogP) is 3.98. The maximum Gasteiger partial charge on any atom is 0.326 e.